The number of aliphatic hydroxyl groups is 1. The number of carbonyl (C=O) groups excluding carboxylic acids is 1. The zero-order valence-corrected chi connectivity index (χ0v) is 21.0. The first kappa shape index (κ1) is 24.7. The standard InChI is InChI=1S/C30H32N4O3/c1-37-27-20-24(30(36)34-17-7-16-33(18-19-34)21-22-8-3-2-4-9-22)13-14-26(27)32-29(35)25-12-5-10-23-11-6-15-31-28(23)25/h2-6,8-15,20,29,32,35H,7,16-19,21H2,1H3. The van der Waals surface area contributed by atoms with E-state index in [0.29, 0.717) is 29.1 Å². The average Bonchev–Trinajstić information content (AvgIpc) is 3.18. The predicted molar refractivity (Wildman–Crippen MR) is 146 cm³/mol. The van der Waals surface area contributed by atoms with Gasteiger partial charge in [0, 0.05) is 55.4 Å². The van der Waals surface area contributed by atoms with Crippen molar-refractivity contribution in [3.05, 3.63) is 102 Å². The summed E-state index contributed by atoms with van der Waals surface area (Å²) in [6.07, 6.45) is 1.65. The maximum Gasteiger partial charge on any atom is 0.254 e. The number of carbonyl (C=O) groups is 1. The molecule has 0 saturated carbocycles. The van der Waals surface area contributed by atoms with Crippen LogP contribution < -0.4 is 10.1 Å². The van der Waals surface area contributed by atoms with Crippen LogP contribution in [-0.4, -0.2) is 59.1 Å². The van der Waals surface area contributed by atoms with Crippen molar-refractivity contribution in [3.8, 4) is 5.75 Å². The highest BCUT2D eigenvalue weighted by Gasteiger charge is 2.22. The molecule has 1 aliphatic rings. The second-order valence-electron chi connectivity index (χ2n) is 9.29. The highest BCUT2D eigenvalue weighted by Crippen LogP contribution is 2.31. The van der Waals surface area contributed by atoms with Crippen molar-refractivity contribution in [1.82, 2.24) is 14.8 Å². The Labute approximate surface area is 217 Å². The number of methoxy groups -OCH3 is 1. The second kappa shape index (κ2) is 11.4. The molecule has 0 radical (unpaired) electrons. The van der Waals surface area contributed by atoms with Gasteiger partial charge in [-0.1, -0.05) is 54.6 Å². The van der Waals surface area contributed by atoms with Crippen LogP contribution in [0.4, 0.5) is 5.69 Å². The van der Waals surface area contributed by atoms with E-state index in [1.807, 2.05) is 41.3 Å². The number of pyridine rings is 1. The van der Waals surface area contributed by atoms with Gasteiger partial charge in [0.25, 0.3) is 5.91 Å². The molecule has 2 N–H and O–H groups in total. The van der Waals surface area contributed by atoms with Crippen LogP contribution >= 0.6 is 0 Å². The zero-order chi connectivity index (χ0) is 25.6. The van der Waals surface area contributed by atoms with Crippen molar-refractivity contribution in [2.45, 2.75) is 19.2 Å². The molecule has 1 aliphatic heterocycles. The van der Waals surface area contributed by atoms with E-state index in [1.54, 1.807) is 31.5 Å². The number of amides is 1. The van der Waals surface area contributed by atoms with Crippen LogP contribution in [0.2, 0.25) is 0 Å². The van der Waals surface area contributed by atoms with E-state index in [4.69, 9.17) is 4.74 Å². The smallest absolute Gasteiger partial charge is 0.254 e. The van der Waals surface area contributed by atoms with Gasteiger partial charge in [0.05, 0.1) is 18.3 Å². The molecule has 7 heteroatoms. The number of aromatic nitrogens is 1. The van der Waals surface area contributed by atoms with Crippen molar-refractivity contribution in [3.63, 3.8) is 0 Å². The normalized spacial score (nSPS) is 15.2. The molecule has 4 aromatic rings. The van der Waals surface area contributed by atoms with E-state index in [1.165, 1.54) is 5.56 Å². The number of ether oxygens (including phenoxy) is 1. The van der Waals surface area contributed by atoms with E-state index in [9.17, 15) is 9.90 Å². The molecule has 3 aromatic carbocycles. The average molecular weight is 497 g/mol. The van der Waals surface area contributed by atoms with Gasteiger partial charge in [0.1, 0.15) is 5.75 Å². The Morgan fingerprint density at radius 2 is 1.84 bits per heavy atom. The molecule has 1 aromatic heterocycles. The lowest BCUT2D eigenvalue weighted by Gasteiger charge is -2.23. The predicted octanol–water partition coefficient (Wildman–Crippen LogP) is 4.69. The van der Waals surface area contributed by atoms with Gasteiger partial charge in [-0.15, -0.1) is 0 Å². The molecule has 1 amide bonds. The van der Waals surface area contributed by atoms with Gasteiger partial charge in [-0.05, 0) is 36.2 Å². The number of rotatable bonds is 7. The van der Waals surface area contributed by atoms with E-state index < -0.39 is 6.23 Å². The molecule has 1 unspecified atom stereocenters. The monoisotopic (exact) mass is 496 g/mol. The summed E-state index contributed by atoms with van der Waals surface area (Å²) in [5, 5.41) is 15.0. The van der Waals surface area contributed by atoms with Gasteiger partial charge in [-0.3, -0.25) is 14.7 Å². The number of benzene rings is 3. The van der Waals surface area contributed by atoms with E-state index in [-0.39, 0.29) is 5.91 Å². The lowest BCUT2D eigenvalue weighted by atomic mass is 10.1. The van der Waals surface area contributed by atoms with Crippen molar-refractivity contribution in [2.75, 3.05) is 38.6 Å². The third-order valence-corrected chi connectivity index (χ3v) is 6.82. The number of nitrogens with one attached hydrogen (secondary N) is 1. The first-order valence-corrected chi connectivity index (χ1v) is 12.6. The Bertz CT molecular complexity index is 1360. The first-order chi connectivity index (χ1) is 18.1. The molecule has 7 nitrogen and oxygen atoms in total. The number of hydrogen-bond donors (Lipinski definition) is 2. The number of hydrogen-bond acceptors (Lipinski definition) is 6. The van der Waals surface area contributed by atoms with E-state index >= 15 is 0 Å². The molecule has 1 atom stereocenters. The van der Waals surface area contributed by atoms with Crippen LogP contribution in [0.1, 0.15) is 34.1 Å². The summed E-state index contributed by atoms with van der Waals surface area (Å²) >= 11 is 0. The zero-order valence-electron chi connectivity index (χ0n) is 21.0. The number of anilines is 1. The summed E-state index contributed by atoms with van der Waals surface area (Å²) in [6.45, 7) is 4.10. The molecule has 0 bridgehead atoms. The topological polar surface area (TPSA) is 77.9 Å². The maximum atomic E-state index is 13.4. The fourth-order valence-electron chi connectivity index (χ4n) is 4.87. The highest BCUT2D eigenvalue weighted by molar-refractivity contribution is 5.95. The molecule has 0 aliphatic carbocycles. The molecule has 1 saturated heterocycles. The molecule has 1 fully saturated rings. The summed E-state index contributed by atoms with van der Waals surface area (Å²) in [7, 11) is 1.56. The van der Waals surface area contributed by atoms with Gasteiger partial charge >= 0.3 is 0 Å². The fraction of sp³-hybridized carbons (Fsp3) is 0.267. The summed E-state index contributed by atoms with van der Waals surface area (Å²) in [5.41, 5.74) is 3.87. The summed E-state index contributed by atoms with van der Waals surface area (Å²) in [6, 6.07) is 25.3. The molecule has 0 spiro atoms. The fourth-order valence-corrected chi connectivity index (χ4v) is 4.87. The van der Waals surface area contributed by atoms with E-state index in [2.05, 4.69) is 39.5 Å². The minimum Gasteiger partial charge on any atom is -0.495 e. The number of nitrogens with zero attached hydrogens (tertiary/aromatic N) is 3. The Hall–Kier alpha value is -3.94. The quantitative estimate of drug-likeness (QED) is 0.362. The number of fused-ring (bicyclic) bond motifs is 1. The summed E-state index contributed by atoms with van der Waals surface area (Å²) in [4.78, 5) is 22.1. The van der Waals surface area contributed by atoms with Crippen molar-refractivity contribution < 1.29 is 14.6 Å². The van der Waals surface area contributed by atoms with Gasteiger partial charge in [-0.25, -0.2) is 0 Å². The molecule has 2 heterocycles. The van der Waals surface area contributed by atoms with Crippen LogP contribution in [0.5, 0.6) is 5.75 Å². The van der Waals surface area contributed by atoms with Crippen LogP contribution in [0.3, 0.4) is 0 Å². The van der Waals surface area contributed by atoms with Crippen LogP contribution in [0.25, 0.3) is 10.9 Å². The maximum absolute atomic E-state index is 13.4. The number of aliphatic hydroxyl groups excluding tert-OH is 1. The Morgan fingerprint density at radius 3 is 2.68 bits per heavy atom. The summed E-state index contributed by atoms with van der Waals surface area (Å²) in [5.74, 6) is 0.490. The van der Waals surface area contributed by atoms with E-state index in [0.717, 1.165) is 43.5 Å². The van der Waals surface area contributed by atoms with Gasteiger partial charge in [0.2, 0.25) is 0 Å². The minimum atomic E-state index is -0.991. The third-order valence-electron chi connectivity index (χ3n) is 6.82. The molecular weight excluding hydrogens is 464 g/mol. The molecule has 37 heavy (non-hydrogen) atoms. The molecular formula is C30H32N4O3. The van der Waals surface area contributed by atoms with Gasteiger partial charge in [0.15, 0.2) is 6.23 Å². The third kappa shape index (κ3) is 5.74. The Morgan fingerprint density at radius 1 is 1.00 bits per heavy atom. The van der Waals surface area contributed by atoms with Crippen LogP contribution in [-0.2, 0) is 6.54 Å². The lowest BCUT2D eigenvalue weighted by Crippen LogP contribution is -2.35. The minimum absolute atomic E-state index is 0.00906. The van der Waals surface area contributed by atoms with Crippen LogP contribution in [0.15, 0.2) is 85.1 Å². The second-order valence-corrected chi connectivity index (χ2v) is 9.29. The molecule has 190 valence electrons. The number of para-hydroxylation sites is 1. The SMILES string of the molecule is COc1cc(C(=O)N2CCCN(Cc3ccccc3)CC2)ccc1NC(O)c1cccc2cccnc12. The molecule has 5 rings (SSSR count). The lowest BCUT2D eigenvalue weighted by molar-refractivity contribution is 0.0761. The van der Waals surface area contributed by atoms with Crippen molar-refractivity contribution >= 4 is 22.5 Å². The first-order valence-electron chi connectivity index (χ1n) is 12.6. The summed E-state index contributed by atoms with van der Waals surface area (Å²) < 4.78 is 5.59. The van der Waals surface area contributed by atoms with Crippen molar-refractivity contribution in [2.24, 2.45) is 0 Å². The van der Waals surface area contributed by atoms with Crippen LogP contribution in [0, 0.1) is 0 Å². The Balaban J connectivity index is 1.27. The Kier molecular flexibility index (Phi) is 7.63. The van der Waals surface area contributed by atoms with Gasteiger partial charge in [-0.2, -0.15) is 0 Å². The largest absolute Gasteiger partial charge is 0.495 e. The van der Waals surface area contributed by atoms with Crippen molar-refractivity contribution in [1.29, 1.82) is 0 Å². The highest BCUT2D eigenvalue weighted by atomic mass is 16.5. The van der Waals surface area contributed by atoms with Gasteiger partial charge < -0.3 is 20.1 Å².